The van der Waals surface area contributed by atoms with E-state index in [0.29, 0.717) is 23.1 Å². The predicted octanol–water partition coefficient (Wildman–Crippen LogP) is 3.79. The number of carbonyl (C=O) groups excluding carboxylic acids is 1. The van der Waals surface area contributed by atoms with Crippen molar-refractivity contribution in [1.29, 1.82) is 0 Å². The third-order valence-electron chi connectivity index (χ3n) is 4.50. The Morgan fingerprint density at radius 3 is 2.79 bits per heavy atom. The number of carboxylic acid groups (broad SMARTS) is 1. The largest absolute Gasteiger partial charge is 0.481 e. The summed E-state index contributed by atoms with van der Waals surface area (Å²) in [6.45, 7) is 1.57. The number of hydrogen-bond acceptors (Lipinski definition) is 5. The fraction of sp³-hybridized carbons (Fsp3) is 0.211. The normalized spacial score (nSPS) is 16.1. The average Bonchev–Trinajstić information content (AvgIpc) is 3.08. The zero-order chi connectivity index (χ0) is 20.9. The average molecular weight is 422 g/mol. The summed E-state index contributed by atoms with van der Waals surface area (Å²) in [6, 6.07) is 5.48. The van der Waals surface area contributed by atoms with Crippen LogP contribution < -0.4 is 9.64 Å². The lowest BCUT2D eigenvalue weighted by Crippen LogP contribution is -2.46. The number of fused-ring (bicyclic) bond motifs is 2. The minimum atomic E-state index is -1.32. The van der Waals surface area contributed by atoms with Crippen molar-refractivity contribution >= 4 is 39.1 Å². The Labute approximate surface area is 166 Å². The quantitative estimate of drug-likeness (QED) is 0.647. The van der Waals surface area contributed by atoms with Crippen LogP contribution in [-0.2, 0) is 16.1 Å². The Bertz CT molecular complexity index is 1160. The predicted molar refractivity (Wildman–Crippen MR) is 98.5 cm³/mol. The zero-order valence-corrected chi connectivity index (χ0v) is 15.7. The Morgan fingerprint density at radius 2 is 2.07 bits per heavy atom. The molecule has 1 aromatic heterocycles. The lowest BCUT2D eigenvalue weighted by Gasteiger charge is -2.34. The molecule has 1 amide bonds. The number of carboxylic acids is 1. The van der Waals surface area contributed by atoms with E-state index < -0.39 is 41.9 Å². The van der Waals surface area contributed by atoms with E-state index in [-0.39, 0.29) is 21.8 Å². The van der Waals surface area contributed by atoms with Crippen molar-refractivity contribution < 1.29 is 32.6 Å². The van der Waals surface area contributed by atoms with Gasteiger partial charge in [-0.05, 0) is 18.6 Å². The number of para-hydroxylation sites is 1. The number of halogens is 3. The SMILES string of the molecule is Cc1cccc2c1OC(CC(=O)O)C(=O)N2Cc1nc2c(F)cc(F)c(F)c2s1. The van der Waals surface area contributed by atoms with Crippen molar-refractivity contribution in [2.45, 2.75) is 26.0 Å². The van der Waals surface area contributed by atoms with Crippen molar-refractivity contribution in [1.82, 2.24) is 4.98 Å². The second kappa shape index (κ2) is 7.03. The number of thiazole rings is 1. The summed E-state index contributed by atoms with van der Waals surface area (Å²) >= 11 is 0.725. The number of aromatic nitrogens is 1. The highest BCUT2D eigenvalue weighted by Crippen LogP contribution is 2.39. The highest BCUT2D eigenvalue weighted by molar-refractivity contribution is 7.18. The topological polar surface area (TPSA) is 79.7 Å². The van der Waals surface area contributed by atoms with Crippen molar-refractivity contribution in [3.05, 3.63) is 52.3 Å². The summed E-state index contributed by atoms with van der Waals surface area (Å²) in [5.74, 6) is -5.01. The van der Waals surface area contributed by atoms with E-state index in [1.54, 1.807) is 25.1 Å². The van der Waals surface area contributed by atoms with Gasteiger partial charge in [0.05, 0.1) is 23.4 Å². The number of aryl methyl sites for hydroxylation is 1. The fourth-order valence-electron chi connectivity index (χ4n) is 3.17. The summed E-state index contributed by atoms with van der Waals surface area (Å²) in [7, 11) is 0. The molecule has 1 aliphatic heterocycles. The second-order valence-electron chi connectivity index (χ2n) is 6.49. The third kappa shape index (κ3) is 3.29. The molecule has 0 aliphatic carbocycles. The monoisotopic (exact) mass is 422 g/mol. The van der Waals surface area contributed by atoms with Gasteiger partial charge in [0.1, 0.15) is 16.3 Å². The van der Waals surface area contributed by atoms with Crippen LogP contribution in [0.4, 0.5) is 18.9 Å². The lowest BCUT2D eigenvalue weighted by molar-refractivity contribution is -0.142. The molecule has 1 unspecified atom stereocenters. The molecule has 4 rings (SSSR count). The van der Waals surface area contributed by atoms with E-state index in [1.807, 2.05) is 0 Å². The lowest BCUT2D eigenvalue weighted by atomic mass is 10.1. The summed E-state index contributed by atoms with van der Waals surface area (Å²) in [4.78, 5) is 29.2. The van der Waals surface area contributed by atoms with Crippen molar-refractivity contribution in [2.24, 2.45) is 0 Å². The Morgan fingerprint density at radius 1 is 1.31 bits per heavy atom. The van der Waals surface area contributed by atoms with Gasteiger partial charge in [0.15, 0.2) is 23.6 Å². The van der Waals surface area contributed by atoms with Gasteiger partial charge in [-0.25, -0.2) is 18.2 Å². The Hall–Kier alpha value is -3.14. The molecule has 0 spiro atoms. The van der Waals surface area contributed by atoms with Crippen LogP contribution in [0.2, 0.25) is 0 Å². The molecule has 0 fully saturated rings. The number of aliphatic carboxylic acids is 1. The maximum Gasteiger partial charge on any atom is 0.307 e. The van der Waals surface area contributed by atoms with Crippen LogP contribution in [0.15, 0.2) is 24.3 Å². The van der Waals surface area contributed by atoms with Gasteiger partial charge >= 0.3 is 5.97 Å². The number of nitrogens with zero attached hydrogens (tertiary/aromatic N) is 2. The number of benzene rings is 2. The molecule has 0 saturated carbocycles. The van der Waals surface area contributed by atoms with Gasteiger partial charge in [-0.15, -0.1) is 11.3 Å². The second-order valence-corrected chi connectivity index (χ2v) is 7.58. The minimum Gasteiger partial charge on any atom is -0.481 e. The van der Waals surface area contributed by atoms with E-state index >= 15 is 0 Å². The molecule has 3 aromatic rings. The molecule has 2 heterocycles. The highest BCUT2D eigenvalue weighted by atomic mass is 32.1. The Kier molecular flexibility index (Phi) is 4.65. The maximum absolute atomic E-state index is 14.0. The Balaban J connectivity index is 1.77. The van der Waals surface area contributed by atoms with Gasteiger partial charge in [-0.1, -0.05) is 12.1 Å². The molecular weight excluding hydrogens is 409 g/mol. The van der Waals surface area contributed by atoms with E-state index in [0.717, 1.165) is 11.3 Å². The van der Waals surface area contributed by atoms with Crippen molar-refractivity contribution in [2.75, 3.05) is 4.90 Å². The first-order valence-corrected chi connectivity index (χ1v) is 9.30. The summed E-state index contributed by atoms with van der Waals surface area (Å²) in [6.07, 6.45) is -1.79. The van der Waals surface area contributed by atoms with Crippen LogP contribution in [0.3, 0.4) is 0 Å². The van der Waals surface area contributed by atoms with Crippen LogP contribution in [0.25, 0.3) is 10.2 Å². The molecule has 6 nitrogen and oxygen atoms in total. The molecule has 2 aromatic carbocycles. The van der Waals surface area contributed by atoms with Crippen LogP contribution >= 0.6 is 11.3 Å². The third-order valence-corrected chi connectivity index (χ3v) is 5.53. The van der Waals surface area contributed by atoms with E-state index in [2.05, 4.69) is 4.98 Å². The first-order valence-electron chi connectivity index (χ1n) is 8.48. The minimum absolute atomic E-state index is 0.167. The molecule has 150 valence electrons. The summed E-state index contributed by atoms with van der Waals surface area (Å²) in [5, 5.41) is 9.25. The molecule has 0 saturated heterocycles. The van der Waals surface area contributed by atoms with Gasteiger partial charge in [-0.3, -0.25) is 14.5 Å². The van der Waals surface area contributed by atoms with Crippen LogP contribution in [0.1, 0.15) is 17.0 Å². The molecule has 29 heavy (non-hydrogen) atoms. The van der Waals surface area contributed by atoms with Crippen LogP contribution in [0, 0.1) is 24.4 Å². The summed E-state index contributed by atoms with van der Waals surface area (Å²) in [5.41, 5.74) is 0.762. The first-order chi connectivity index (χ1) is 13.8. The van der Waals surface area contributed by atoms with Gasteiger partial charge in [0, 0.05) is 6.07 Å². The van der Waals surface area contributed by atoms with Crippen LogP contribution in [0.5, 0.6) is 5.75 Å². The smallest absolute Gasteiger partial charge is 0.307 e. The van der Waals surface area contributed by atoms with Crippen molar-refractivity contribution in [3.8, 4) is 5.75 Å². The van der Waals surface area contributed by atoms with Crippen molar-refractivity contribution in [3.63, 3.8) is 0 Å². The van der Waals surface area contributed by atoms with E-state index in [4.69, 9.17) is 9.84 Å². The molecule has 1 aliphatic rings. The number of hydrogen-bond donors (Lipinski definition) is 1. The molecule has 1 N–H and O–H groups in total. The van der Waals surface area contributed by atoms with E-state index in [1.165, 1.54) is 4.90 Å². The molecule has 10 heteroatoms. The molecular formula is C19H13F3N2O4S. The fourth-order valence-corrected chi connectivity index (χ4v) is 4.16. The van der Waals surface area contributed by atoms with Crippen LogP contribution in [-0.4, -0.2) is 28.1 Å². The molecule has 0 radical (unpaired) electrons. The van der Waals surface area contributed by atoms with Gasteiger partial charge in [0.25, 0.3) is 5.91 Å². The number of anilines is 1. The molecule has 0 bridgehead atoms. The summed E-state index contributed by atoms with van der Waals surface area (Å²) < 4.78 is 46.8. The maximum atomic E-state index is 14.0. The first kappa shape index (κ1) is 19.2. The number of carbonyl (C=O) groups is 2. The van der Waals surface area contributed by atoms with Gasteiger partial charge in [-0.2, -0.15) is 0 Å². The molecule has 1 atom stereocenters. The van der Waals surface area contributed by atoms with Gasteiger partial charge in [0.2, 0.25) is 0 Å². The number of rotatable bonds is 4. The van der Waals surface area contributed by atoms with Gasteiger partial charge < -0.3 is 9.84 Å². The standard InChI is InChI=1S/C19H13F3N2O4S/c1-8-3-2-4-11-17(8)28-12(6-14(25)26)19(27)24(11)7-13-23-16-10(21)5-9(20)15(22)18(16)29-13/h2-5,12H,6-7H2,1H3,(H,25,26). The zero-order valence-electron chi connectivity index (χ0n) is 14.9. The van der Waals surface area contributed by atoms with E-state index in [9.17, 15) is 22.8 Å². The number of ether oxygens (including phenoxy) is 1. The highest BCUT2D eigenvalue weighted by Gasteiger charge is 2.37. The number of amides is 1.